The maximum absolute atomic E-state index is 15.1. The summed E-state index contributed by atoms with van der Waals surface area (Å²) in [4.78, 5) is 0. The Labute approximate surface area is 192 Å². The van der Waals surface area contributed by atoms with E-state index in [1.165, 1.54) is 18.2 Å². The summed E-state index contributed by atoms with van der Waals surface area (Å²) < 4.78 is 48.6. The Morgan fingerprint density at radius 2 is 1.58 bits per heavy atom. The van der Waals surface area contributed by atoms with Gasteiger partial charge in [0.2, 0.25) is 0 Å². The van der Waals surface area contributed by atoms with Crippen LogP contribution in [0.5, 0.6) is 5.75 Å². The Morgan fingerprint density at radius 3 is 2.33 bits per heavy atom. The van der Waals surface area contributed by atoms with E-state index in [1.807, 2.05) is 12.1 Å². The first-order valence-electron chi connectivity index (χ1n) is 11.4. The molecule has 0 saturated carbocycles. The molecule has 0 N–H and O–H groups in total. The Bertz CT molecular complexity index is 1230. The van der Waals surface area contributed by atoms with Gasteiger partial charge < -0.3 is 4.74 Å². The summed E-state index contributed by atoms with van der Waals surface area (Å²) in [5.74, 6) is -0.391. The van der Waals surface area contributed by atoms with Crippen LogP contribution in [0, 0.1) is 17.5 Å². The summed E-state index contributed by atoms with van der Waals surface area (Å²) >= 11 is 0. The average Bonchev–Trinajstić information content (AvgIpc) is 2.82. The first kappa shape index (κ1) is 22.9. The highest BCUT2D eigenvalue weighted by molar-refractivity contribution is 5.88. The van der Waals surface area contributed by atoms with Crippen LogP contribution in [0.2, 0.25) is 0 Å². The van der Waals surface area contributed by atoms with Crippen LogP contribution in [0.4, 0.5) is 13.2 Å². The molecule has 0 radical (unpaired) electrons. The normalized spacial score (nSPS) is 11.2. The molecular formula is C29H27F3O. The largest absolute Gasteiger partial charge is 0.493 e. The van der Waals surface area contributed by atoms with E-state index < -0.39 is 0 Å². The highest BCUT2D eigenvalue weighted by Crippen LogP contribution is 2.31. The Balaban J connectivity index is 1.51. The van der Waals surface area contributed by atoms with Gasteiger partial charge in [-0.1, -0.05) is 56.2 Å². The van der Waals surface area contributed by atoms with Gasteiger partial charge in [-0.2, -0.15) is 0 Å². The van der Waals surface area contributed by atoms with Crippen LogP contribution < -0.4 is 4.74 Å². The van der Waals surface area contributed by atoms with Crippen LogP contribution in [0.3, 0.4) is 0 Å². The van der Waals surface area contributed by atoms with E-state index in [9.17, 15) is 8.78 Å². The maximum Gasteiger partial charge on any atom is 0.134 e. The number of unbranched alkanes of at least 4 members (excludes halogenated alkanes) is 2. The number of rotatable bonds is 9. The van der Waals surface area contributed by atoms with E-state index in [0.717, 1.165) is 30.2 Å². The molecule has 0 amide bonds. The SMILES string of the molecule is CCCCCOc1ccc(-c2ccc3c(F)c(CCc4ccc(F)cc4)ccc3c2)c(F)c1. The number of benzene rings is 4. The third-order valence-electron chi connectivity index (χ3n) is 5.90. The van der Waals surface area contributed by atoms with Gasteiger partial charge in [0.1, 0.15) is 23.2 Å². The zero-order valence-electron chi connectivity index (χ0n) is 18.7. The lowest BCUT2D eigenvalue weighted by Gasteiger charge is -2.11. The van der Waals surface area contributed by atoms with Crippen molar-refractivity contribution in [2.24, 2.45) is 0 Å². The van der Waals surface area contributed by atoms with Crippen molar-refractivity contribution in [3.8, 4) is 16.9 Å². The molecular weight excluding hydrogens is 421 g/mol. The third-order valence-corrected chi connectivity index (χ3v) is 5.90. The lowest BCUT2D eigenvalue weighted by atomic mass is 9.97. The van der Waals surface area contributed by atoms with Gasteiger partial charge in [-0.3, -0.25) is 0 Å². The van der Waals surface area contributed by atoms with Gasteiger partial charge >= 0.3 is 0 Å². The van der Waals surface area contributed by atoms with Crippen LogP contribution in [-0.2, 0) is 12.8 Å². The molecule has 0 fully saturated rings. The van der Waals surface area contributed by atoms with Gasteiger partial charge in [0, 0.05) is 17.0 Å². The number of hydrogen-bond donors (Lipinski definition) is 0. The topological polar surface area (TPSA) is 9.23 Å². The fraction of sp³-hybridized carbons (Fsp3) is 0.241. The monoisotopic (exact) mass is 448 g/mol. The molecule has 0 bridgehead atoms. The van der Waals surface area contributed by atoms with Crippen molar-refractivity contribution in [3.05, 3.63) is 101 Å². The van der Waals surface area contributed by atoms with E-state index in [-0.39, 0.29) is 17.5 Å². The molecule has 0 aliphatic heterocycles. The van der Waals surface area contributed by atoms with Crippen molar-refractivity contribution in [1.29, 1.82) is 0 Å². The molecule has 4 rings (SSSR count). The van der Waals surface area contributed by atoms with E-state index in [4.69, 9.17) is 4.74 Å². The predicted molar refractivity (Wildman–Crippen MR) is 128 cm³/mol. The van der Waals surface area contributed by atoms with E-state index >= 15 is 4.39 Å². The lowest BCUT2D eigenvalue weighted by Crippen LogP contribution is -1.98. The zero-order valence-corrected chi connectivity index (χ0v) is 18.7. The summed E-state index contributed by atoms with van der Waals surface area (Å²) in [6.07, 6.45) is 4.28. The summed E-state index contributed by atoms with van der Waals surface area (Å²) in [6, 6.07) is 20.0. The van der Waals surface area contributed by atoms with Crippen LogP contribution in [0.1, 0.15) is 37.3 Å². The fourth-order valence-electron chi connectivity index (χ4n) is 3.99. The molecule has 4 aromatic rings. The minimum absolute atomic E-state index is 0.266. The number of halogens is 3. The zero-order chi connectivity index (χ0) is 23.2. The molecule has 0 aromatic heterocycles. The molecule has 0 atom stereocenters. The van der Waals surface area contributed by atoms with Gasteiger partial charge in [-0.05, 0) is 71.7 Å². The number of ether oxygens (including phenoxy) is 1. The molecule has 33 heavy (non-hydrogen) atoms. The molecule has 0 aliphatic rings. The third kappa shape index (κ3) is 5.57. The second-order valence-corrected chi connectivity index (χ2v) is 8.30. The van der Waals surface area contributed by atoms with Gasteiger partial charge in [0.15, 0.2) is 0 Å². The smallest absolute Gasteiger partial charge is 0.134 e. The highest BCUT2D eigenvalue weighted by atomic mass is 19.1. The van der Waals surface area contributed by atoms with Crippen molar-refractivity contribution in [3.63, 3.8) is 0 Å². The van der Waals surface area contributed by atoms with Crippen molar-refractivity contribution in [2.45, 2.75) is 39.0 Å². The quantitative estimate of drug-likeness (QED) is 0.234. The minimum Gasteiger partial charge on any atom is -0.493 e. The lowest BCUT2D eigenvalue weighted by molar-refractivity contribution is 0.305. The van der Waals surface area contributed by atoms with E-state index in [2.05, 4.69) is 6.92 Å². The van der Waals surface area contributed by atoms with Gasteiger partial charge in [0.25, 0.3) is 0 Å². The fourth-order valence-corrected chi connectivity index (χ4v) is 3.99. The molecule has 0 unspecified atom stereocenters. The molecule has 1 nitrogen and oxygen atoms in total. The molecule has 4 aromatic carbocycles. The van der Waals surface area contributed by atoms with Gasteiger partial charge in [0.05, 0.1) is 6.61 Å². The first-order chi connectivity index (χ1) is 16.0. The number of aryl methyl sites for hydroxylation is 2. The maximum atomic E-state index is 15.1. The Hall–Kier alpha value is -3.27. The highest BCUT2D eigenvalue weighted by Gasteiger charge is 2.12. The molecule has 0 spiro atoms. The van der Waals surface area contributed by atoms with Crippen LogP contribution in [0.15, 0.2) is 72.8 Å². The second kappa shape index (κ2) is 10.6. The summed E-state index contributed by atoms with van der Waals surface area (Å²) in [7, 11) is 0. The molecule has 170 valence electrons. The standard InChI is InChI=1S/C29H27F3O/c1-2-3-4-17-33-25-14-16-26(28(31)19-25)22-11-15-27-23(18-22)10-9-21(29(27)32)8-5-20-6-12-24(30)13-7-20/h6-7,9-16,18-19H,2-5,8,17H2,1H3. The predicted octanol–water partition coefficient (Wildman–Crippen LogP) is 8.28. The molecule has 4 heteroatoms. The average molecular weight is 449 g/mol. The Morgan fingerprint density at radius 1 is 0.758 bits per heavy atom. The second-order valence-electron chi connectivity index (χ2n) is 8.30. The van der Waals surface area contributed by atoms with Crippen molar-refractivity contribution >= 4 is 10.8 Å². The first-order valence-corrected chi connectivity index (χ1v) is 11.4. The number of hydrogen-bond acceptors (Lipinski definition) is 1. The number of fused-ring (bicyclic) bond motifs is 1. The van der Waals surface area contributed by atoms with Crippen molar-refractivity contribution in [1.82, 2.24) is 0 Å². The van der Waals surface area contributed by atoms with Gasteiger partial charge in [-0.15, -0.1) is 0 Å². The van der Waals surface area contributed by atoms with Gasteiger partial charge in [-0.25, -0.2) is 13.2 Å². The van der Waals surface area contributed by atoms with Crippen molar-refractivity contribution < 1.29 is 17.9 Å². The summed E-state index contributed by atoms with van der Waals surface area (Å²) in [6.45, 7) is 2.70. The van der Waals surface area contributed by atoms with Crippen LogP contribution in [-0.4, -0.2) is 6.61 Å². The summed E-state index contributed by atoms with van der Waals surface area (Å²) in [5, 5.41) is 1.22. The molecule has 0 aliphatic carbocycles. The molecule has 0 saturated heterocycles. The van der Waals surface area contributed by atoms with Crippen LogP contribution in [0.25, 0.3) is 21.9 Å². The summed E-state index contributed by atoms with van der Waals surface area (Å²) in [5.41, 5.74) is 2.71. The van der Waals surface area contributed by atoms with Crippen LogP contribution >= 0.6 is 0 Å². The Kier molecular flexibility index (Phi) is 7.33. The minimum atomic E-state index is -0.362. The van der Waals surface area contributed by atoms with E-state index in [0.29, 0.717) is 47.3 Å². The molecule has 0 heterocycles. The van der Waals surface area contributed by atoms with Crippen molar-refractivity contribution in [2.75, 3.05) is 6.61 Å². The van der Waals surface area contributed by atoms with E-state index in [1.54, 1.807) is 42.5 Å².